The Balaban J connectivity index is 1.89. The zero-order chi connectivity index (χ0) is 16.5. The second-order valence-corrected chi connectivity index (χ2v) is 5.06. The summed E-state index contributed by atoms with van der Waals surface area (Å²) in [5.74, 6) is 0.381. The zero-order valence-corrected chi connectivity index (χ0v) is 12.7. The van der Waals surface area contributed by atoms with Crippen molar-refractivity contribution in [2.24, 2.45) is 0 Å². The van der Waals surface area contributed by atoms with Crippen molar-refractivity contribution in [3.63, 3.8) is 0 Å². The number of rotatable bonds is 7. The zero-order valence-electron chi connectivity index (χ0n) is 12.7. The monoisotopic (exact) mass is 310 g/mol. The minimum atomic E-state index is -0.382. The first kappa shape index (κ1) is 16.5. The fraction of sp³-hybridized carbons (Fsp3) is 0.222. The van der Waals surface area contributed by atoms with Crippen molar-refractivity contribution in [1.29, 1.82) is 5.26 Å². The average molecular weight is 310 g/mol. The first-order valence-corrected chi connectivity index (χ1v) is 7.39. The van der Waals surface area contributed by atoms with Crippen molar-refractivity contribution in [2.75, 3.05) is 6.61 Å². The number of hydrogen-bond donors (Lipinski definition) is 2. The van der Waals surface area contributed by atoms with Crippen LogP contribution in [-0.2, 0) is 4.79 Å². The average Bonchev–Trinajstić information content (AvgIpc) is 2.61. The molecule has 5 nitrogen and oxygen atoms in total. The van der Waals surface area contributed by atoms with Gasteiger partial charge in [0.15, 0.2) is 0 Å². The van der Waals surface area contributed by atoms with Crippen molar-refractivity contribution in [3.8, 4) is 22.9 Å². The van der Waals surface area contributed by atoms with Crippen LogP contribution in [0.2, 0.25) is 0 Å². The summed E-state index contributed by atoms with van der Waals surface area (Å²) < 4.78 is 5.68. The number of nitrogens with zero attached hydrogens (tertiary/aromatic N) is 1. The molecule has 0 aromatic heterocycles. The van der Waals surface area contributed by atoms with Crippen LogP contribution in [0.3, 0.4) is 0 Å². The predicted molar refractivity (Wildman–Crippen MR) is 85.9 cm³/mol. The lowest BCUT2D eigenvalue weighted by atomic mass is 10.0. The molecule has 0 unspecified atom stereocenters. The Kier molecular flexibility index (Phi) is 6.16. The lowest BCUT2D eigenvalue weighted by molar-refractivity contribution is -0.129. The van der Waals surface area contributed by atoms with Gasteiger partial charge in [-0.25, -0.2) is 5.48 Å². The number of ether oxygens (including phenoxy) is 1. The summed E-state index contributed by atoms with van der Waals surface area (Å²) in [7, 11) is 0. The van der Waals surface area contributed by atoms with Gasteiger partial charge in [-0.05, 0) is 48.2 Å². The van der Waals surface area contributed by atoms with Crippen molar-refractivity contribution >= 4 is 5.91 Å². The molecule has 2 N–H and O–H groups in total. The van der Waals surface area contributed by atoms with Gasteiger partial charge < -0.3 is 4.74 Å². The number of unbranched alkanes of at least 4 members (excludes halogenated alkanes) is 1. The first-order valence-electron chi connectivity index (χ1n) is 7.39. The third-order valence-electron chi connectivity index (χ3n) is 3.37. The molecule has 5 heteroatoms. The summed E-state index contributed by atoms with van der Waals surface area (Å²) in [5.41, 5.74) is 4.28. The molecule has 0 aliphatic rings. The van der Waals surface area contributed by atoms with E-state index in [9.17, 15) is 4.79 Å². The van der Waals surface area contributed by atoms with E-state index < -0.39 is 0 Å². The van der Waals surface area contributed by atoms with E-state index in [-0.39, 0.29) is 12.3 Å². The van der Waals surface area contributed by atoms with E-state index in [1.165, 1.54) is 0 Å². The van der Waals surface area contributed by atoms with Gasteiger partial charge in [-0.3, -0.25) is 10.0 Å². The van der Waals surface area contributed by atoms with Crippen LogP contribution in [0.25, 0.3) is 11.1 Å². The lowest BCUT2D eigenvalue weighted by Crippen LogP contribution is -2.18. The molecule has 0 saturated carbocycles. The highest BCUT2D eigenvalue weighted by Gasteiger charge is 2.02. The van der Waals surface area contributed by atoms with E-state index in [0.29, 0.717) is 18.6 Å². The minimum Gasteiger partial charge on any atom is -0.494 e. The van der Waals surface area contributed by atoms with Crippen molar-refractivity contribution < 1.29 is 14.7 Å². The molecule has 2 rings (SSSR count). The summed E-state index contributed by atoms with van der Waals surface area (Å²) in [6.45, 7) is 0.509. The number of amides is 1. The van der Waals surface area contributed by atoms with Crippen molar-refractivity contribution in [3.05, 3.63) is 54.1 Å². The predicted octanol–water partition coefficient (Wildman–Crippen LogP) is 3.28. The number of hydrogen-bond acceptors (Lipinski definition) is 4. The second kappa shape index (κ2) is 8.57. The molecule has 2 aromatic carbocycles. The van der Waals surface area contributed by atoms with Crippen LogP contribution < -0.4 is 10.2 Å². The van der Waals surface area contributed by atoms with Gasteiger partial charge in [0, 0.05) is 6.42 Å². The Hall–Kier alpha value is -2.84. The molecule has 0 atom stereocenters. The van der Waals surface area contributed by atoms with Crippen LogP contribution >= 0.6 is 0 Å². The van der Waals surface area contributed by atoms with E-state index in [2.05, 4.69) is 6.07 Å². The number of hydroxylamine groups is 1. The van der Waals surface area contributed by atoms with Gasteiger partial charge in [-0.1, -0.05) is 24.3 Å². The topological polar surface area (TPSA) is 82.3 Å². The van der Waals surface area contributed by atoms with Gasteiger partial charge in [0.2, 0.25) is 5.91 Å². The molecular weight excluding hydrogens is 292 g/mol. The number of nitriles is 1. The van der Waals surface area contributed by atoms with Gasteiger partial charge in [0.1, 0.15) is 5.75 Å². The highest BCUT2D eigenvalue weighted by atomic mass is 16.5. The molecule has 0 aliphatic heterocycles. The third-order valence-corrected chi connectivity index (χ3v) is 3.37. The molecular formula is C18H18N2O3. The van der Waals surface area contributed by atoms with E-state index in [1.54, 1.807) is 17.6 Å². The maximum absolute atomic E-state index is 10.9. The number of carbonyl (C=O) groups excluding carboxylic acids is 1. The van der Waals surface area contributed by atoms with E-state index in [1.807, 2.05) is 36.4 Å². The Morgan fingerprint density at radius 3 is 2.61 bits per heavy atom. The van der Waals surface area contributed by atoms with Gasteiger partial charge in [-0.15, -0.1) is 0 Å². The van der Waals surface area contributed by atoms with Crippen molar-refractivity contribution in [2.45, 2.75) is 19.3 Å². The molecule has 1 amide bonds. The molecule has 0 aliphatic carbocycles. The van der Waals surface area contributed by atoms with E-state index in [0.717, 1.165) is 23.3 Å². The number of carbonyl (C=O) groups is 1. The molecule has 0 heterocycles. The Labute approximate surface area is 135 Å². The van der Waals surface area contributed by atoms with Crippen LogP contribution in [0.1, 0.15) is 24.8 Å². The van der Waals surface area contributed by atoms with Gasteiger partial charge in [-0.2, -0.15) is 5.26 Å². The highest BCUT2D eigenvalue weighted by molar-refractivity contribution is 5.74. The maximum atomic E-state index is 10.9. The Bertz CT molecular complexity index is 690. The molecule has 2 aromatic rings. The quantitative estimate of drug-likeness (QED) is 0.467. The van der Waals surface area contributed by atoms with Crippen LogP contribution in [0, 0.1) is 11.3 Å². The summed E-state index contributed by atoms with van der Waals surface area (Å²) in [6.07, 6.45) is 1.67. The fourth-order valence-electron chi connectivity index (χ4n) is 2.14. The maximum Gasteiger partial charge on any atom is 0.243 e. The second-order valence-electron chi connectivity index (χ2n) is 5.06. The summed E-state index contributed by atoms with van der Waals surface area (Å²) in [6, 6.07) is 17.2. The molecule has 0 fully saturated rings. The van der Waals surface area contributed by atoms with E-state index >= 15 is 0 Å². The molecule has 0 radical (unpaired) electrons. The number of benzene rings is 2. The summed E-state index contributed by atoms with van der Waals surface area (Å²) in [5, 5.41) is 17.2. The van der Waals surface area contributed by atoms with Crippen LogP contribution in [0.4, 0.5) is 0 Å². The van der Waals surface area contributed by atoms with Crippen LogP contribution in [0.5, 0.6) is 5.75 Å². The Morgan fingerprint density at radius 1 is 1.13 bits per heavy atom. The fourth-order valence-corrected chi connectivity index (χ4v) is 2.14. The normalized spacial score (nSPS) is 9.91. The molecule has 23 heavy (non-hydrogen) atoms. The smallest absolute Gasteiger partial charge is 0.243 e. The van der Waals surface area contributed by atoms with Gasteiger partial charge in [0.25, 0.3) is 0 Å². The molecule has 0 bridgehead atoms. The molecule has 118 valence electrons. The number of nitrogens with one attached hydrogen (secondary N) is 1. The summed E-state index contributed by atoms with van der Waals surface area (Å²) >= 11 is 0. The molecule has 0 spiro atoms. The van der Waals surface area contributed by atoms with E-state index in [4.69, 9.17) is 15.2 Å². The van der Waals surface area contributed by atoms with Crippen LogP contribution in [-0.4, -0.2) is 17.7 Å². The minimum absolute atomic E-state index is 0.283. The van der Waals surface area contributed by atoms with Crippen LogP contribution in [0.15, 0.2) is 48.5 Å². The first-order chi connectivity index (χ1) is 11.2. The SMILES string of the molecule is N#Cc1ccc(-c2cccc(OCCCCC(=O)NO)c2)cc1. The Morgan fingerprint density at radius 2 is 1.91 bits per heavy atom. The third kappa shape index (κ3) is 5.13. The van der Waals surface area contributed by atoms with Crippen molar-refractivity contribution in [1.82, 2.24) is 5.48 Å². The van der Waals surface area contributed by atoms with Gasteiger partial charge >= 0.3 is 0 Å². The highest BCUT2D eigenvalue weighted by Crippen LogP contribution is 2.24. The van der Waals surface area contributed by atoms with Gasteiger partial charge in [0.05, 0.1) is 18.2 Å². The standard InChI is InChI=1S/C18H18N2O3/c19-13-14-7-9-15(10-8-14)16-4-3-5-17(12-16)23-11-2-1-6-18(21)20-22/h3-5,7-10,12,22H,1-2,6,11H2,(H,20,21). The molecule has 0 saturated heterocycles. The summed E-state index contributed by atoms with van der Waals surface area (Å²) in [4.78, 5) is 10.9. The lowest BCUT2D eigenvalue weighted by Gasteiger charge is -2.08. The largest absolute Gasteiger partial charge is 0.494 e.